The van der Waals surface area contributed by atoms with E-state index < -0.39 is 0 Å². The summed E-state index contributed by atoms with van der Waals surface area (Å²) in [7, 11) is -0.271. The molecule has 1 saturated heterocycles. The lowest BCUT2D eigenvalue weighted by molar-refractivity contribution is 0.00578. The van der Waals surface area contributed by atoms with E-state index in [4.69, 9.17) is 9.31 Å². The quantitative estimate of drug-likeness (QED) is 0.729. The second-order valence-corrected chi connectivity index (χ2v) is 7.91. The summed E-state index contributed by atoms with van der Waals surface area (Å²) < 4.78 is 12.2. The van der Waals surface area contributed by atoms with Crippen LogP contribution >= 0.6 is 0 Å². The predicted octanol–water partition coefficient (Wildman–Crippen LogP) is 3.59. The van der Waals surface area contributed by atoms with E-state index in [1.54, 1.807) is 0 Å². The predicted molar refractivity (Wildman–Crippen MR) is 85.6 cm³/mol. The van der Waals surface area contributed by atoms with Crippen LogP contribution in [0.5, 0.6) is 0 Å². The number of benzene rings is 1. The van der Waals surface area contributed by atoms with Crippen molar-refractivity contribution in [1.29, 1.82) is 0 Å². The van der Waals surface area contributed by atoms with Crippen LogP contribution in [0, 0.1) is 6.92 Å². The maximum Gasteiger partial charge on any atom is 0.494 e. The van der Waals surface area contributed by atoms with Gasteiger partial charge in [0.1, 0.15) is 0 Å². The average Bonchev–Trinajstić information content (AvgIpc) is 2.46. The largest absolute Gasteiger partial charge is 0.494 e. The SMILES string of the molecule is Cc1cc(B2OC(C)(C)C(C)(C)O2)ccc1C(C)(C)C. The fourth-order valence-corrected chi connectivity index (χ4v) is 2.65. The highest BCUT2D eigenvalue weighted by molar-refractivity contribution is 6.62. The molecule has 0 aromatic heterocycles. The van der Waals surface area contributed by atoms with Gasteiger partial charge in [0.15, 0.2) is 0 Å². The lowest BCUT2D eigenvalue weighted by Crippen LogP contribution is -2.41. The molecule has 1 aliphatic heterocycles. The zero-order chi connectivity index (χ0) is 15.3. The summed E-state index contributed by atoms with van der Waals surface area (Å²) in [6, 6.07) is 6.54. The molecule has 0 unspecified atom stereocenters. The standard InChI is InChI=1S/C17H27BO2/c1-12-11-13(9-10-14(12)15(2,3)4)18-19-16(5,6)17(7,8)20-18/h9-11H,1-8H3. The van der Waals surface area contributed by atoms with Crippen molar-refractivity contribution in [3.05, 3.63) is 29.3 Å². The molecule has 0 aliphatic carbocycles. The van der Waals surface area contributed by atoms with Crippen LogP contribution in [-0.4, -0.2) is 18.3 Å². The van der Waals surface area contributed by atoms with Gasteiger partial charge in [-0.3, -0.25) is 0 Å². The van der Waals surface area contributed by atoms with Crippen LogP contribution in [0.15, 0.2) is 18.2 Å². The molecule has 1 aliphatic rings. The Morgan fingerprint density at radius 3 is 1.85 bits per heavy atom. The fourth-order valence-electron chi connectivity index (χ4n) is 2.65. The molecule has 2 rings (SSSR count). The molecule has 3 heteroatoms. The number of hydrogen-bond donors (Lipinski definition) is 0. The molecular formula is C17H27BO2. The van der Waals surface area contributed by atoms with E-state index in [0.29, 0.717) is 0 Å². The third-order valence-electron chi connectivity index (χ3n) is 4.58. The third-order valence-corrected chi connectivity index (χ3v) is 4.58. The lowest BCUT2D eigenvalue weighted by atomic mass is 9.75. The molecule has 0 radical (unpaired) electrons. The molecule has 20 heavy (non-hydrogen) atoms. The molecule has 1 fully saturated rings. The highest BCUT2D eigenvalue weighted by atomic mass is 16.7. The van der Waals surface area contributed by atoms with Crippen molar-refractivity contribution in [1.82, 2.24) is 0 Å². The minimum atomic E-state index is -0.283. The maximum atomic E-state index is 6.11. The first-order valence-corrected chi connectivity index (χ1v) is 7.41. The van der Waals surface area contributed by atoms with Crippen LogP contribution in [0.25, 0.3) is 0 Å². The molecule has 0 atom stereocenters. The van der Waals surface area contributed by atoms with E-state index in [-0.39, 0.29) is 23.7 Å². The summed E-state index contributed by atoms with van der Waals surface area (Å²) in [6.07, 6.45) is 0. The summed E-state index contributed by atoms with van der Waals surface area (Å²) in [5, 5.41) is 0. The Morgan fingerprint density at radius 2 is 1.45 bits per heavy atom. The van der Waals surface area contributed by atoms with Crippen molar-refractivity contribution < 1.29 is 9.31 Å². The Bertz CT molecular complexity index is 496. The summed E-state index contributed by atoms with van der Waals surface area (Å²) in [6.45, 7) is 17.2. The van der Waals surface area contributed by atoms with Gasteiger partial charge in [-0.15, -0.1) is 0 Å². The Labute approximate surface area is 124 Å². The van der Waals surface area contributed by atoms with Gasteiger partial charge in [0, 0.05) is 0 Å². The highest BCUT2D eigenvalue weighted by Gasteiger charge is 2.51. The van der Waals surface area contributed by atoms with Gasteiger partial charge in [-0.05, 0) is 56.6 Å². The van der Waals surface area contributed by atoms with Crippen LogP contribution in [0.2, 0.25) is 0 Å². The summed E-state index contributed by atoms with van der Waals surface area (Å²) in [4.78, 5) is 0. The summed E-state index contributed by atoms with van der Waals surface area (Å²) in [5.41, 5.74) is 3.37. The number of hydrogen-bond acceptors (Lipinski definition) is 2. The van der Waals surface area contributed by atoms with Crippen molar-refractivity contribution in [2.75, 3.05) is 0 Å². The van der Waals surface area contributed by atoms with Crippen LogP contribution in [0.3, 0.4) is 0 Å². The number of rotatable bonds is 1. The van der Waals surface area contributed by atoms with E-state index in [1.165, 1.54) is 11.1 Å². The van der Waals surface area contributed by atoms with Crippen LogP contribution in [0.1, 0.15) is 59.6 Å². The Balaban J connectivity index is 2.31. The first-order chi connectivity index (χ1) is 8.94. The minimum absolute atomic E-state index is 0.165. The second-order valence-electron chi connectivity index (χ2n) is 7.91. The third kappa shape index (κ3) is 2.66. The topological polar surface area (TPSA) is 18.5 Å². The highest BCUT2D eigenvalue weighted by Crippen LogP contribution is 2.36. The molecule has 0 bridgehead atoms. The maximum absolute atomic E-state index is 6.11. The fraction of sp³-hybridized carbons (Fsp3) is 0.647. The van der Waals surface area contributed by atoms with Crippen molar-refractivity contribution in [2.24, 2.45) is 0 Å². The lowest BCUT2D eigenvalue weighted by Gasteiger charge is -2.32. The second kappa shape index (κ2) is 4.61. The van der Waals surface area contributed by atoms with E-state index >= 15 is 0 Å². The Hall–Kier alpha value is -0.795. The van der Waals surface area contributed by atoms with Crippen molar-refractivity contribution in [3.8, 4) is 0 Å². The monoisotopic (exact) mass is 274 g/mol. The van der Waals surface area contributed by atoms with Crippen LogP contribution in [-0.2, 0) is 14.7 Å². The Morgan fingerprint density at radius 1 is 0.950 bits per heavy atom. The van der Waals surface area contributed by atoms with Crippen molar-refractivity contribution in [2.45, 2.75) is 72.0 Å². The summed E-state index contributed by atoms with van der Waals surface area (Å²) in [5.74, 6) is 0. The molecule has 0 N–H and O–H groups in total. The zero-order valence-corrected chi connectivity index (χ0v) is 14.1. The zero-order valence-electron chi connectivity index (χ0n) is 14.1. The molecule has 1 aromatic rings. The van der Waals surface area contributed by atoms with E-state index in [2.05, 4.69) is 73.6 Å². The minimum Gasteiger partial charge on any atom is -0.399 e. The van der Waals surface area contributed by atoms with Gasteiger partial charge >= 0.3 is 7.12 Å². The van der Waals surface area contributed by atoms with E-state index in [1.807, 2.05) is 0 Å². The van der Waals surface area contributed by atoms with Gasteiger partial charge in [0.05, 0.1) is 11.2 Å². The normalized spacial score (nSPS) is 21.3. The van der Waals surface area contributed by atoms with E-state index in [9.17, 15) is 0 Å². The van der Waals surface area contributed by atoms with Crippen LogP contribution < -0.4 is 5.46 Å². The van der Waals surface area contributed by atoms with Gasteiger partial charge in [-0.1, -0.05) is 39.0 Å². The first-order valence-electron chi connectivity index (χ1n) is 7.41. The summed E-state index contributed by atoms with van der Waals surface area (Å²) >= 11 is 0. The van der Waals surface area contributed by atoms with Gasteiger partial charge in [0.2, 0.25) is 0 Å². The smallest absolute Gasteiger partial charge is 0.399 e. The van der Waals surface area contributed by atoms with Crippen molar-refractivity contribution >= 4 is 12.6 Å². The molecule has 110 valence electrons. The molecular weight excluding hydrogens is 247 g/mol. The Kier molecular flexibility index (Phi) is 3.59. The van der Waals surface area contributed by atoms with Gasteiger partial charge in [-0.25, -0.2) is 0 Å². The molecule has 0 spiro atoms. The van der Waals surface area contributed by atoms with Crippen molar-refractivity contribution in [3.63, 3.8) is 0 Å². The van der Waals surface area contributed by atoms with Gasteiger partial charge in [-0.2, -0.15) is 0 Å². The molecule has 0 saturated carbocycles. The molecule has 1 aromatic carbocycles. The first kappa shape index (κ1) is 15.6. The molecule has 2 nitrogen and oxygen atoms in total. The van der Waals surface area contributed by atoms with Gasteiger partial charge in [0.25, 0.3) is 0 Å². The number of aryl methyl sites for hydroxylation is 1. The molecule has 0 amide bonds. The van der Waals surface area contributed by atoms with Gasteiger partial charge < -0.3 is 9.31 Å². The van der Waals surface area contributed by atoms with Crippen LogP contribution in [0.4, 0.5) is 0 Å². The van der Waals surface area contributed by atoms with E-state index in [0.717, 1.165) is 5.46 Å². The molecule has 1 heterocycles. The average molecular weight is 274 g/mol.